The first-order valence-corrected chi connectivity index (χ1v) is 3.56. The van der Waals surface area contributed by atoms with E-state index in [9.17, 15) is 4.79 Å². The van der Waals surface area contributed by atoms with Crippen LogP contribution in [0.3, 0.4) is 0 Å². The number of nitrogens with zero attached hydrogens (tertiary/aromatic N) is 1. The molecule has 9 heavy (non-hydrogen) atoms. The van der Waals surface area contributed by atoms with Crippen LogP contribution < -0.4 is 5.73 Å². The van der Waals surface area contributed by atoms with Crippen LogP contribution in [0.15, 0.2) is 0 Å². The molecule has 1 unspecified atom stereocenters. The number of carbonyl (C=O) groups is 1. The number of carbonyl (C=O) groups excluding carboxylic acids is 1. The summed E-state index contributed by atoms with van der Waals surface area (Å²) in [7, 11) is 1.60. The molecule has 0 aliphatic heterocycles. The maximum atomic E-state index is 10.3. The maximum absolute atomic E-state index is 10.3. The van der Waals surface area contributed by atoms with Crippen LogP contribution in [0.1, 0.15) is 6.92 Å². The summed E-state index contributed by atoms with van der Waals surface area (Å²) in [6.45, 7) is 2.52. The van der Waals surface area contributed by atoms with E-state index in [1.54, 1.807) is 7.05 Å². The van der Waals surface area contributed by atoms with Crippen LogP contribution in [-0.2, 0) is 0 Å². The standard InChI is InChI=1S/C5H10BrN2O/c1-4(6)3-8(2)5(7)9/h4,7H,3H2,1-2H3. The molecule has 53 valence electrons. The summed E-state index contributed by atoms with van der Waals surface area (Å²) < 4.78 is 0. The third kappa shape index (κ3) is 4.27. The summed E-state index contributed by atoms with van der Waals surface area (Å²) >= 11 is 3.27. The second-order valence-electron chi connectivity index (χ2n) is 1.97. The molecule has 0 rings (SSSR count). The minimum atomic E-state index is -0.638. The van der Waals surface area contributed by atoms with E-state index in [1.807, 2.05) is 6.92 Å². The topological polar surface area (TPSA) is 44.1 Å². The molecule has 0 aromatic heterocycles. The molecule has 1 N–H and O–H groups in total. The van der Waals surface area contributed by atoms with E-state index in [4.69, 9.17) is 5.73 Å². The summed E-state index contributed by atoms with van der Waals surface area (Å²) in [4.78, 5) is 11.9. The Hall–Kier alpha value is -0.250. The molecule has 4 heteroatoms. The molecule has 0 saturated carbocycles. The van der Waals surface area contributed by atoms with Gasteiger partial charge in [0, 0.05) is 18.4 Å². The summed E-state index contributed by atoms with van der Waals surface area (Å²) in [5, 5.41) is 0. The Kier molecular flexibility index (Phi) is 3.61. The van der Waals surface area contributed by atoms with Crippen molar-refractivity contribution in [2.45, 2.75) is 11.8 Å². The molecule has 3 nitrogen and oxygen atoms in total. The molecular formula is C5H10BrN2O. The van der Waals surface area contributed by atoms with Crippen LogP contribution in [0.25, 0.3) is 0 Å². The summed E-state index contributed by atoms with van der Waals surface area (Å²) in [5.74, 6) is 0. The Balaban J connectivity index is 3.50. The second kappa shape index (κ2) is 3.71. The van der Waals surface area contributed by atoms with Crippen molar-refractivity contribution < 1.29 is 4.79 Å². The average molecular weight is 194 g/mol. The van der Waals surface area contributed by atoms with E-state index in [0.717, 1.165) is 0 Å². The fraction of sp³-hybridized carbons (Fsp3) is 0.800. The molecule has 0 saturated heterocycles. The predicted octanol–water partition coefficient (Wildman–Crippen LogP) is 1.10. The number of urea groups is 1. The minimum absolute atomic E-state index is 0.261. The number of rotatable bonds is 2. The number of hydrogen-bond donors (Lipinski definition) is 0. The van der Waals surface area contributed by atoms with E-state index >= 15 is 0 Å². The van der Waals surface area contributed by atoms with Gasteiger partial charge in [-0.05, 0) is 0 Å². The van der Waals surface area contributed by atoms with E-state index in [-0.39, 0.29) is 4.83 Å². The number of halogens is 1. The molecular weight excluding hydrogens is 184 g/mol. The van der Waals surface area contributed by atoms with Crippen LogP contribution in [0.5, 0.6) is 0 Å². The molecule has 1 radical (unpaired) electrons. The zero-order valence-electron chi connectivity index (χ0n) is 5.52. The number of hydrogen-bond acceptors (Lipinski definition) is 1. The number of amides is 2. The van der Waals surface area contributed by atoms with Gasteiger partial charge < -0.3 is 4.90 Å². The molecule has 0 fully saturated rings. The van der Waals surface area contributed by atoms with Crippen LogP contribution >= 0.6 is 15.9 Å². The summed E-state index contributed by atoms with van der Waals surface area (Å²) in [5.41, 5.74) is 6.64. The van der Waals surface area contributed by atoms with Gasteiger partial charge in [-0.1, -0.05) is 22.9 Å². The zero-order valence-corrected chi connectivity index (χ0v) is 7.10. The highest BCUT2D eigenvalue weighted by atomic mass is 79.9. The van der Waals surface area contributed by atoms with Crippen molar-refractivity contribution >= 4 is 22.0 Å². The third-order valence-corrected chi connectivity index (χ3v) is 1.16. The fourth-order valence-corrected chi connectivity index (χ4v) is 0.895. The largest absolute Gasteiger partial charge is 0.335 e. The monoisotopic (exact) mass is 193 g/mol. The van der Waals surface area contributed by atoms with Crippen molar-refractivity contribution in [2.75, 3.05) is 13.6 Å². The van der Waals surface area contributed by atoms with E-state index in [0.29, 0.717) is 6.54 Å². The van der Waals surface area contributed by atoms with Crippen molar-refractivity contribution in [1.29, 1.82) is 0 Å². The first-order valence-electron chi connectivity index (χ1n) is 2.64. The van der Waals surface area contributed by atoms with Gasteiger partial charge in [0.05, 0.1) is 0 Å². The van der Waals surface area contributed by atoms with E-state index in [2.05, 4.69) is 15.9 Å². The normalized spacial score (nSPS) is 12.8. The van der Waals surface area contributed by atoms with Gasteiger partial charge in [-0.3, -0.25) is 0 Å². The molecule has 0 aromatic carbocycles. The average Bonchev–Trinajstić information content (AvgIpc) is 1.63. The molecule has 2 amide bonds. The molecule has 1 atom stereocenters. The van der Waals surface area contributed by atoms with E-state index < -0.39 is 6.03 Å². The molecule has 0 aliphatic rings. The summed E-state index contributed by atoms with van der Waals surface area (Å²) in [6.07, 6.45) is 0. The predicted molar refractivity (Wildman–Crippen MR) is 39.5 cm³/mol. The smallest absolute Gasteiger partial charge is 0.325 e. The lowest BCUT2D eigenvalue weighted by atomic mass is 10.4. The van der Waals surface area contributed by atoms with Gasteiger partial charge >= 0.3 is 6.03 Å². The molecule has 0 heterocycles. The first kappa shape index (κ1) is 8.75. The van der Waals surface area contributed by atoms with Gasteiger partial charge in [-0.15, -0.1) is 0 Å². The Bertz CT molecular complexity index is 105. The van der Waals surface area contributed by atoms with Gasteiger partial charge in [0.25, 0.3) is 0 Å². The fourth-order valence-electron chi connectivity index (χ4n) is 0.460. The highest BCUT2D eigenvalue weighted by molar-refractivity contribution is 9.09. The van der Waals surface area contributed by atoms with Crippen molar-refractivity contribution in [3.63, 3.8) is 0 Å². The van der Waals surface area contributed by atoms with Crippen molar-refractivity contribution in [3.8, 4) is 0 Å². The lowest BCUT2D eigenvalue weighted by Gasteiger charge is -2.13. The van der Waals surface area contributed by atoms with Crippen LogP contribution in [0.2, 0.25) is 0 Å². The molecule has 0 spiro atoms. The molecule has 0 aliphatic carbocycles. The lowest BCUT2D eigenvalue weighted by Crippen LogP contribution is -2.30. The van der Waals surface area contributed by atoms with Crippen LogP contribution in [0.4, 0.5) is 4.79 Å². The summed E-state index contributed by atoms with van der Waals surface area (Å²) in [6, 6.07) is -0.638. The maximum Gasteiger partial charge on any atom is 0.335 e. The Labute approximate surface area is 63.3 Å². The van der Waals surface area contributed by atoms with Crippen LogP contribution in [-0.4, -0.2) is 29.4 Å². The SMILES string of the molecule is CC(Br)CN(C)C([NH])=O. The number of nitrogens with one attached hydrogen (secondary N) is 1. The Morgan fingerprint density at radius 2 is 2.33 bits per heavy atom. The van der Waals surface area contributed by atoms with Gasteiger partial charge in [0.2, 0.25) is 0 Å². The van der Waals surface area contributed by atoms with Crippen molar-refractivity contribution in [3.05, 3.63) is 0 Å². The van der Waals surface area contributed by atoms with E-state index in [1.165, 1.54) is 4.90 Å². The highest BCUT2D eigenvalue weighted by Crippen LogP contribution is 1.98. The van der Waals surface area contributed by atoms with Crippen LogP contribution in [0, 0.1) is 0 Å². The lowest BCUT2D eigenvalue weighted by molar-refractivity contribution is 0.217. The Morgan fingerprint density at radius 3 is 2.44 bits per heavy atom. The zero-order chi connectivity index (χ0) is 7.44. The highest BCUT2D eigenvalue weighted by Gasteiger charge is 2.05. The second-order valence-corrected chi connectivity index (χ2v) is 3.53. The number of alkyl halides is 1. The van der Waals surface area contributed by atoms with Gasteiger partial charge in [0.1, 0.15) is 0 Å². The Morgan fingerprint density at radius 1 is 1.89 bits per heavy atom. The van der Waals surface area contributed by atoms with Crippen molar-refractivity contribution in [1.82, 2.24) is 10.6 Å². The van der Waals surface area contributed by atoms with Crippen molar-refractivity contribution in [2.24, 2.45) is 0 Å². The minimum Gasteiger partial charge on any atom is -0.325 e. The molecule has 0 bridgehead atoms. The first-order chi connectivity index (χ1) is 4.04. The van der Waals surface area contributed by atoms with Gasteiger partial charge in [-0.2, -0.15) is 0 Å². The van der Waals surface area contributed by atoms with Gasteiger partial charge in [-0.25, -0.2) is 10.5 Å². The molecule has 0 aromatic rings. The van der Waals surface area contributed by atoms with Gasteiger partial charge in [0.15, 0.2) is 0 Å². The quantitative estimate of drug-likeness (QED) is 0.607. The third-order valence-electron chi connectivity index (χ3n) is 0.872.